The van der Waals surface area contributed by atoms with Crippen molar-refractivity contribution in [3.63, 3.8) is 0 Å². The lowest BCUT2D eigenvalue weighted by atomic mass is 9.94. The first-order valence-corrected chi connectivity index (χ1v) is 8.90. The van der Waals surface area contributed by atoms with Crippen LogP contribution in [0, 0.1) is 5.92 Å². The Kier molecular flexibility index (Phi) is 6.43. The Morgan fingerprint density at radius 2 is 2.17 bits per heavy atom. The van der Waals surface area contributed by atoms with Gasteiger partial charge in [0.05, 0.1) is 19.8 Å². The molecule has 0 radical (unpaired) electrons. The molecule has 6 nitrogen and oxygen atoms in total. The van der Waals surface area contributed by atoms with Crippen molar-refractivity contribution in [3.05, 3.63) is 24.5 Å². The quantitative estimate of drug-likeness (QED) is 0.713. The summed E-state index contributed by atoms with van der Waals surface area (Å²) in [5, 5.41) is 0. The largest absolute Gasteiger partial charge is 0.383 e. The van der Waals surface area contributed by atoms with Crippen LogP contribution in [0.2, 0.25) is 0 Å². The van der Waals surface area contributed by atoms with E-state index in [9.17, 15) is 0 Å². The molecule has 0 N–H and O–H groups in total. The van der Waals surface area contributed by atoms with Gasteiger partial charge < -0.3 is 19.3 Å². The van der Waals surface area contributed by atoms with Crippen LogP contribution >= 0.6 is 0 Å². The molecule has 3 rings (SSSR count). The number of morpholine rings is 1. The minimum absolute atomic E-state index is 0.689. The highest BCUT2D eigenvalue weighted by atomic mass is 16.5. The Labute approximate surface area is 144 Å². The standard InChI is InChI=1S/C18H28N4O2/c1-23-10-7-22(14-16-5-3-2-4-6-16)18-13-17(19-15-20-18)21-8-11-24-12-9-21/h2-3,13,15-16H,4-12,14H2,1H3. The molecule has 1 unspecified atom stereocenters. The lowest BCUT2D eigenvalue weighted by Gasteiger charge is -2.31. The van der Waals surface area contributed by atoms with Gasteiger partial charge in [0.2, 0.25) is 0 Å². The van der Waals surface area contributed by atoms with Gasteiger partial charge in [0, 0.05) is 39.4 Å². The van der Waals surface area contributed by atoms with E-state index in [1.165, 1.54) is 12.8 Å². The van der Waals surface area contributed by atoms with Gasteiger partial charge in [0.15, 0.2) is 0 Å². The third kappa shape index (κ3) is 4.68. The van der Waals surface area contributed by atoms with Gasteiger partial charge in [-0.15, -0.1) is 0 Å². The maximum absolute atomic E-state index is 5.43. The molecule has 24 heavy (non-hydrogen) atoms. The van der Waals surface area contributed by atoms with Gasteiger partial charge in [0.1, 0.15) is 18.0 Å². The normalized spacial score (nSPS) is 21.0. The van der Waals surface area contributed by atoms with Crippen molar-refractivity contribution in [2.75, 3.05) is 62.9 Å². The van der Waals surface area contributed by atoms with Crippen molar-refractivity contribution >= 4 is 11.6 Å². The van der Waals surface area contributed by atoms with Crippen molar-refractivity contribution in [1.82, 2.24) is 9.97 Å². The zero-order chi connectivity index (χ0) is 16.6. The SMILES string of the molecule is COCCN(CC1CC=CCC1)c1cc(N2CCOCC2)ncn1. The average Bonchev–Trinajstić information content (AvgIpc) is 2.67. The number of rotatable bonds is 7. The van der Waals surface area contributed by atoms with Crippen LogP contribution < -0.4 is 9.80 Å². The summed E-state index contributed by atoms with van der Waals surface area (Å²) >= 11 is 0. The molecule has 2 aliphatic rings. The highest BCUT2D eigenvalue weighted by Gasteiger charge is 2.19. The number of ether oxygens (including phenoxy) is 2. The average molecular weight is 332 g/mol. The van der Waals surface area contributed by atoms with Crippen molar-refractivity contribution in [2.45, 2.75) is 19.3 Å². The Balaban J connectivity index is 1.71. The van der Waals surface area contributed by atoms with Gasteiger partial charge in [-0.3, -0.25) is 0 Å². The number of aromatic nitrogens is 2. The zero-order valence-electron chi connectivity index (χ0n) is 14.6. The third-order valence-electron chi connectivity index (χ3n) is 4.72. The predicted octanol–water partition coefficient (Wildman–Crippen LogP) is 2.12. The van der Waals surface area contributed by atoms with E-state index in [1.54, 1.807) is 13.4 Å². The molecule has 0 saturated carbocycles. The van der Waals surface area contributed by atoms with Crippen molar-refractivity contribution < 1.29 is 9.47 Å². The molecule has 6 heteroatoms. The van der Waals surface area contributed by atoms with E-state index in [4.69, 9.17) is 9.47 Å². The summed E-state index contributed by atoms with van der Waals surface area (Å²) in [4.78, 5) is 13.6. The highest BCUT2D eigenvalue weighted by Crippen LogP contribution is 2.23. The van der Waals surface area contributed by atoms with Gasteiger partial charge in [-0.1, -0.05) is 12.2 Å². The topological polar surface area (TPSA) is 50.7 Å². The molecule has 132 valence electrons. The van der Waals surface area contributed by atoms with Crippen LogP contribution in [0.4, 0.5) is 11.6 Å². The number of hydrogen-bond donors (Lipinski definition) is 0. The first-order chi connectivity index (χ1) is 11.9. The van der Waals surface area contributed by atoms with Crippen LogP contribution in [0.15, 0.2) is 24.5 Å². The van der Waals surface area contributed by atoms with Crippen LogP contribution in [0.5, 0.6) is 0 Å². The Morgan fingerprint density at radius 3 is 2.92 bits per heavy atom. The van der Waals surface area contributed by atoms with E-state index in [0.29, 0.717) is 12.5 Å². The van der Waals surface area contributed by atoms with Gasteiger partial charge >= 0.3 is 0 Å². The molecule has 0 spiro atoms. The summed E-state index contributed by atoms with van der Waals surface area (Å²) in [5.74, 6) is 2.68. The fraction of sp³-hybridized carbons (Fsp3) is 0.667. The maximum Gasteiger partial charge on any atom is 0.134 e. The molecule has 0 amide bonds. The lowest BCUT2D eigenvalue weighted by Crippen LogP contribution is -2.37. The van der Waals surface area contributed by atoms with E-state index in [1.807, 2.05) is 0 Å². The molecule has 0 bridgehead atoms. The number of hydrogen-bond acceptors (Lipinski definition) is 6. The number of anilines is 2. The van der Waals surface area contributed by atoms with Crippen LogP contribution in [-0.4, -0.2) is 63.1 Å². The second kappa shape index (κ2) is 8.99. The van der Waals surface area contributed by atoms with E-state index in [2.05, 4.69) is 38.0 Å². The first-order valence-electron chi connectivity index (χ1n) is 8.90. The summed E-state index contributed by atoms with van der Waals surface area (Å²) < 4.78 is 10.7. The molecule has 1 aliphatic heterocycles. The highest BCUT2D eigenvalue weighted by molar-refractivity contribution is 5.50. The van der Waals surface area contributed by atoms with Crippen LogP contribution in [-0.2, 0) is 9.47 Å². The lowest BCUT2D eigenvalue weighted by molar-refractivity contribution is 0.122. The van der Waals surface area contributed by atoms with Gasteiger partial charge in [-0.2, -0.15) is 0 Å². The second-order valence-corrected chi connectivity index (χ2v) is 6.42. The fourth-order valence-electron chi connectivity index (χ4n) is 3.31. The summed E-state index contributed by atoms with van der Waals surface area (Å²) in [7, 11) is 1.75. The van der Waals surface area contributed by atoms with Crippen LogP contribution in [0.25, 0.3) is 0 Å². The second-order valence-electron chi connectivity index (χ2n) is 6.42. The minimum Gasteiger partial charge on any atom is -0.383 e. The summed E-state index contributed by atoms with van der Waals surface area (Å²) in [5.41, 5.74) is 0. The Morgan fingerprint density at radius 1 is 1.29 bits per heavy atom. The van der Waals surface area contributed by atoms with E-state index >= 15 is 0 Å². The molecule has 1 fully saturated rings. The molecule has 1 aromatic rings. The molecule has 1 saturated heterocycles. The molecule has 0 aromatic carbocycles. The zero-order valence-corrected chi connectivity index (χ0v) is 14.6. The van der Waals surface area contributed by atoms with E-state index in [-0.39, 0.29) is 0 Å². The maximum atomic E-state index is 5.43. The van der Waals surface area contributed by atoms with Crippen molar-refractivity contribution in [1.29, 1.82) is 0 Å². The van der Waals surface area contributed by atoms with Crippen molar-refractivity contribution in [2.24, 2.45) is 5.92 Å². The predicted molar refractivity (Wildman–Crippen MR) is 95.6 cm³/mol. The van der Waals surface area contributed by atoms with Gasteiger partial charge in [0.25, 0.3) is 0 Å². The van der Waals surface area contributed by atoms with Gasteiger partial charge in [-0.05, 0) is 25.2 Å². The number of nitrogens with zero attached hydrogens (tertiary/aromatic N) is 4. The van der Waals surface area contributed by atoms with E-state index < -0.39 is 0 Å². The molecular weight excluding hydrogens is 304 g/mol. The van der Waals surface area contributed by atoms with E-state index in [0.717, 1.165) is 57.4 Å². The molecule has 2 heterocycles. The molecular formula is C18H28N4O2. The molecule has 1 aliphatic carbocycles. The minimum atomic E-state index is 0.689. The van der Waals surface area contributed by atoms with Crippen molar-refractivity contribution in [3.8, 4) is 0 Å². The number of methoxy groups -OCH3 is 1. The smallest absolute Gasteiger partial charge is 0.134 e. The van der Waals surface area contributed by atoms with Gasteiger partial charge in [-0.25, -0.2) is 9.97 Å². The molecule has 1 atom stereocenters. The summed E-state index contributed by atoms with van der Waals surface area (Å²) in [6.45, 7) is 5.90. The van der Waals surface area contributed by atoms with Crippen LogP contribution in [0.3, 0.4) is 0 Å². The summed E-state index contributed by atoms with van der Waals surface area (Å²) in [6, 6.07) is 2.11. The Hall–Kier alpha value is -1.66. The monoisotopic (exact) mass is 332 g/mol. The first kappa shape index (κ1) is 17.2. The number of allylic oxidation sites excluding steroid dienone is 2. The Bertz CT molecular complexity index is 532. The molecule has 1 aromatic heterocycles. The van der Waals surface area contributed by atoms with Crippen LogP contribution in [0.1, 0.15) is 19.3 Å². The summed E-state index contributed by atoms with van der Waals surface area (Å²) in [6.07, 6.45) is 9.87. The third-order valence-corrected chi connectivity index (χ3v) is 4.72. The fourth-order valence-corrected chi connectivity index (χ4v) is 3.31.